The van der Waals surface area contributed by atoms with Crippen molar-refractivity contribution in [2.75, 3.05) is 26.4 Å². The van der Waals surface area contributed by atoms with Gasteiger partial charge in [-0.3, -0.25) is 9.00 Å². The molecular formula is C8H17NO3S. The Morgan fingerprint density at radius 1 is 1.54 bits per heavy atom. The molecule has 1 N–H and O–H groups in total. The molecule has 0 saturated carbocycles. The Morgan fingerprint density at radius 3 is 2.46 bits per heavy atom. The highest BCUT2D eigenvalue weighted by Gasteiger charge is 2.17. The lowest BCUT2D eigenvalue weighted by Gasteiger charge is -2.10. The van der Waals surface area contributed by atoms with E-state index in [-0.39, 0.29) is 0 Å². The maximum absolute atomic E-state index is 11.3. The summed E-state index contributed by atoms with van der Waals surface area (Å²) in [5.41, 5.74) is 0. The van der Waals surface area contributed by atoms with E-state index in [4.69, 9.17) is 5.11 Å². The standard InChI is InChI=1S/C8H17NO3S/c1-7(8(10)11)13(12)6-4-5-9(2)3/h7H,4-6H2,1-3H3,(H,10,11). The second-order valence-corrected chi connectivity index (χ2v) is 5.10. The van der Waals surface area contributed by atoms with Gasteiger partial charge in [0.1, 0.15) is 5.25 Å². The van der Waals surface area contributed by atoms with Crippen LogP contribution in [0.25, 0.3) is 0 Å². The highest BCUT2D eigenvalue weighted by atomic mass is 32.2. The van der Waals surface area contributed by atoms with Gasteiger partial charge in [-0.1, -0.05) is 0 Å². The third kappa shape index (κ3) is 5.76. The van der Waals surface area contributed by atoms with E-state index in [1.165, 1.54) is 6.92 Å². The summed E-state index contributed by atoms with van der Waals surface area (Å²) in [6.45, 7) is 2.33. The number of rotatable bonds is 6. The molecule has 0 fully saturated rings. The Balaban J connectivity index is 3.69. The molecule has 0 aliphatic carbocycles. The fourth-order valence-electron chi connectivity index (χ4n) is 0.812. The van der Waals surface area contributed by atoms with Gasteiger partial charge in [-0.25, -0.2) is 0 Å². The molecule has 0 bridgehead atoms. The van der Waals surface area contributed by atoms with Crippen LogP contribution >= 0.6 is 0 Å². The SMILES string of the molecule is CC(C(=O)O)S(=O)CCCN(C)C. The normalized spacial score (nSPS) is 15.7. The average Bonchev–Trinajstić information content (AvgIpc) is 2.02. The summed E-state index contributed by atoms with van der Waals surface area (Å²) in [5, 5.41) is 7.81. The molecule has 0 aliphatic rings. The van der Waals surface area contributed by atoms with E-state index in [9.17, 15) is 9.00 Å². The fourth-order valence-corrected chi connectivity index (χ4v) is 1.80. The van der Waals surface area contributed by atoms with Crippen molar-refractivity contribution in [3.05, 3.63) is 0 Å². The maximum atomic E-state index is 11.3. The van der Waals surface area contributed by atoms with Crippen LogP contribution in [-0.2, 0) is 15.6 Å². The lowest BCUT2D eigenvalue weighted by Crippen LogP contribution is -2.25. The van der Waals surface area contributed by atoms with Crippen LogP contribution in [-0.4, -0.2) is 51.8 Å². The highest BCUT2D eigenvalue weighted by molar-refractivity contribution is 7.86. The predicted molar refractivity (Wildman–Crippen MR) is 53.3 cm³/mol. The smallest absolute Gasteiger partial charge is 0.318 e. The van der Waals surface area contributed by atoms with Crippen LogP contribution < -0.4 is 0 Å². The van der Waals surface area contributed by atoms with Gasteiger partial charge in [-0.2, -0.15) is 0 Å². The van der Waals surface area contributed by atoms with Crippen LogP contribution in [0.3, 0.4) is 0 Å². The number of carboxylic acids is 1. The molecule has 13 heavy (non-hydrogen) atoms. The maximum Gasteiger partial charge on any atom is 0.318 e. The van der Waals surface area contributed by atoms with E-state index in [1.807, 2.05) is 19.0 Å². The van der Waals surface area contributed by atoms with E-state index in [1.54, 1.807) is 0 Å². The van der Waals surface area contributed by atoms with Gasteiger partial charge < -0.3 is 10.0 Å². The first kappa shape index (κ1) is 12.6. The van der Waals surface area contributed by atoms with Crippen LogP contribution in [0.4, 0.5) is 0 Å². The Labute approximate surface area is 81.4 Å². The molecule has 0 rings (SSSR count). The quantitative estimate of drug-likeness (QED) is 0.674. The van der Waals surface area contributed by atoms with Crippen molar-refractivity contribution in [3.8, 4) is 0 Å². The number of hydrogen-bond donors (Lipinski definition) is 1. The molecule has 0 heterocycles. The molecule has 0 aromatic rings. The van der Waals surface area contributed by atoms with E-state index in [2.05, 4.69) is 0 Å². The highest BCUT2D eigenvalue weighted by Crippen LogP contribution is 1.98. The van der Waals surface area contributed by atoms with Gasteiger partial charge in [0.05, 0.1) is 0 Å². The molecule has 0 aromatic carbocycles. The zero-order chi connectivity index (χ0) is 10.4. The van der Waals surface area contributed by atoms with Crippen molar-refractivity contribution in [2.24, 2.45) is 0 Å². The molecular weight excluding hydrogens is 190 g/mol. The molecule has 2 unspecified atom stereocenters. The first-order chi connectivity index (χ1) is 5.95. The van der Waals surface area contributed by atoms with Crippen molar-refractivity contribution < 1.29 is 14.1 Å². The van der Waals surface area contributed by atoms with Crippen molar-refractivity contribution in [2.45, 2.75) is 18.6 Å². The number of hydrogen-bond acceptors (Lipinski definition) is 3. The van der Waals surface area contributed by atoms with Gasteiger partial charge in [-0.05, 0) is 34.0 Å². The summed E-state index contributed by atoms with van der Waals surface area (Å²) in [4.78, 5) is 12.4. The molecule has 5 heteroatoms. The molecule has 2 atom stereocenters. The van der Waals surface area contributed by atoms with Crippen molar-refractivity contribution in [1.82, 2.24) is 4.90 Å². The summed E-state index contributed by atoms with van der Waals surface area (Å²) in [6.07, 6.45) is 0.775. The lowest BCUT2D eigenvalue weighted by atomic mass is 10.5. The van der Waals surface area contributed by atoms with Gasteiger partial charge in [-0.15, -0.1) is 0 Å². The van der Waals surface area contributed by atoms with E-state index >= 15 is 0 Å². The fraction of sp³-hybridized carbons (Fsp3) is 0.875. The first-order valence-corrected chi connectivity index (χ1v) is 5.58. The molecule has 0 spiro atoms. The van der Waals surface area contributed by atoms with Gasteiger partial charge in [0.15, 0.2) is 0 Å². The van der Waals surface area contributed by atoms with Gasteiger partial charge >= 0.3 is 5.97 Å². The largest absolute Gasteiger partial charge is 0.480 e. The zero-order valence-corrected chi connectivity index (χ0v) is 9.13. The third-order valence-corrected chi connectivity index (χ3v) is 3.37. The lowest BCUT2D eigenvalue weighted by molar-refractivity contribution is -0.136. The van der Waals surface area contributed by atoms with E-state index in [0.29, 0.717) is 5.75 Å². The van der Waals surface area contributed by atoms with Gasteiger partial charge in [0.2, 0.25) is 0 Å². The molecule has 0 aliphatic heterocycles. The molecule has 4 nitrogen and oxygen atoms in total. The second kappa shape index (κ2) is 6.10. The first-order valence-electron chi connectivity index (χ1n) is 4.20. The number of aliphatic carboxylic acids is 1. The van der Waals surface area contributed by atoms with E-state index in [0.717, 1.165) is 13.0 Å². The molecule has 0 amide bonds. The minimum absolute atomic E-state index is 0.464. The van der Waals surface area contributed by atoms with Crippen LogP contribution in [0, 0.1) is 0 Å². The van der Waals surface area contributed by atoms with Crippen LogP contribution in [0.15, 0.2) is 0 Å². The van der Waals surface area contributed by atoms with Gasteiger partial charge in [0.25, 0.3) is 0 Å². The summed E-state index contributed by atoms with van der Waals surface area (Å²) >= 11 is 0. The minimum atomic E-state index is -1.24. The van der Waals surface area contributed by atoms with Crippen molar-refractivity contribution >= 4 is 16.8 Å². The topological polar surface area (TPSA) is 57.6 Å². The molecule has 0 radical (unpaired) electrons. The second-order valence-electron chi connectivity index (χ2n) is 3.22. The number of carbonyl (C=O) groups is 1. The monoisotopic (exact) mass is 207 g/mol. The number of nitrogens with zero attached hydrogens (tertiary/aromatic N) is 1. The third-order valence-electron chi connectivity index (χ3n) is 1.69. The molecule has 0 saturated heterocycles. The van der Waals surface area contributed by atoms with Crippen LogP contribution in [0.2, 0.25) is 0 Å². The minimum Gasteiger partial charge on any atom is -0.480 e. The number of carboxylic acid groups (broad SMARTS) is 1. The Morgan fingerprint density at radius 2 is 2.08 bits per heavy atom. The summed E-state index contributed by atoms with van der Waals surface area (Å²) in [7, 11) is 2.63. The predicted octanol–water partition coefficient (Wildman–Crippen LogP) is 0.160. The van der Waals surface area contributed by atoms with Crippen LogP contribution in [0.5, 0.6) is 0 Å². The summed E-state index contributed by atoms with van der Waals surface area (Å²) in [5.74, 6) is -0.519. The van der Waals surface area contributed by atoms with Crippen molar-refractivity contribution in [3.63, 3.8) is 0 Å². The average molecular weight is 207 g/mol. The Bertz CT molecular complexity index is 194. The van der Waals surface area contributed by atoms with Gasteiger partial charge in [0, 0.05) is 16.6 Å². The summed E-state index contributed by atoms with van der Waals surface area (Å²) < 4.78 is 11.3. The van der Waals surface area contributed by atoms with E-state index < -0.39 is 22.0 Å². The van der Waals surface area contributed by atoms with Crippen LogP contribution in [0.1, 0.15) is 13.3 Å². The zero-order valence-electron chi connectivity index (χ0n) is 8.32. The summed E-state index contributed by atoms with van der Waals surface area (Å²) in [6, 6.07) is 0. The van der Waals surface area contributed by atoms with Crippen molar-refractivity contribution in [1.29, 1.82) is 0 Å². The Kier molecular flexibility index (Phi) is 5.90. The molecule has 0 aromatic heterocycles. The Hall–Kier alpha value is -0.420. The molecule has 78 valence electrons.